The number of ketones is 1. The Balaban J connectivity index is 1.21. The van der Waals surface area contributed by atoms with Crippen LogP contribution < -0.4 is 0 Å². The van der Waals surface area contributed by atoms with E-state index < -0.39 is 6.10 Å². The number of fused-ring (bicyclic) bond motifs is 4. The minimum absolute atomic E-state index is 0.114. The number of carbonyl (C=O) groups excluding carboxylic acids is 1. The molecule has 172 valence electrons. The van der Waals surface area contributed by atoms with E-state index in [1.54, 1.807) is 12.1 Å². The van der Waals surface area contributed by atoms with Gasteiger partial charge in [0.15, 0.2) is 5.78 Å². The van der Waals surface area contributed by atoms with Crippen molar-refractivity contribution in [2.75, 3.05) is 19.6 Å². The van der Waals surface area contributed by atoms with Crippen LogP contribution in [0.2, 0.25) is 0 Å². The molecule has 1 saturated heterocycles. The molecule has 0 saturated carbocycles. The number of likely N-dealkylation sites (tertiary alicyclic amines) is 1. The normalized spacial score (nSPS) is 24.8. The van der Waals surface area contributed by atoms with E-state index in [2.05, 4.69) is 9.88 Å². The van der Waals surface area contributed by atoms with Gasteiger partial charge in [-0.05, 0) is 93.6 Å². The van der Waals surface area contributed by atoms with Crippen LogP contribution in [-0.4, -0.2) is 40.4 Å². The zero-order chi connectivity index (χ0) is 22.1. The molecule has 5 heteroatoms. The number of Topliss-reactive ketones (excluding diaryl/α,β-unsaturated/α-hetero) is 1. The van der Waals surface area contributed by atoms with Crippen LogP contribution in [0.1, 0.15) is 83.9 Å². The first kappa shape index (κ1) is 21.8. The molecule has 2 aliphatic carbocycles. The minimum Gasteiger partial charge on any atom is -0.388 e. The maximum absolute atomic E-state index is 13.6. The van der Waals surface area contributed by atoms with Crippen molar-refractivity contribution in [3.05, 3.63) is 58.2 Å². The number of aryl methyl sites for hydroxylation is 1. The van der Waals surface area contributed by atoms with Gasteiger partial charge in [-0.25, -0.2) is 4.39 Å². The van der Waals surface area contributed by atoms with E-state index in [-0.39, 0.29) is 11.7 Å². The van der Waals surface area contributed by atoms with Crippen LogP contribution in [0.3, 0.4) is 0 Å². The molecule has 1 aliphatic heterocycles. The van der Waals surface area contributed by atoms with E-state index in [9.17, 15) is 14.3 Å². The number of aromatic amines is 1. The SMILES string of the molecule is O=C1c2c([nH]c3c2CCCCCC3)C[C@@H]2CCN(CCC[C@@H](O)c3ccc(F)cc3)C[C@@H]12. The molecule has 0 radical (unpaired) electrons. The zero-order valence-corrected chi connectivity index (χ0v) is 18.9. The summed E-state index contributed by atoms with van der Waals surface area (Å²) in [5.74, 6) is 0.675. The number of halogens is 1. The number of H-pyrrole nitrogens is 1. The van der Waals surface area contributed by atoms with E-state index in [1.165, 1.54) is 54.8 Å². The number of hydrogen-bond acceptors (Lipinski definition) is 3. The third-order valence-electron chi connectivity index (χ3n) is 7.97. The van der Waals surface area contributed by atoms with Crippen molar-refractivity contribution in [2.24, 2.45) is 11.8 Å². The monoisotopic (exact) mass is 438 g/mol. The van der Waals surface area contributed by atoms with Gasteiger partial charge in [0.2, 0.25) is 0 Å². The molecular weight excluding hydrogens is 403 g/mol. The first-order chi connectivity index (χ1) is 15.6. The van der Waals surface area contributed by atoms with E-state index in [4.69, 9.17) is 0 Å². The van der Waals surface area contributed by atoms with E-state index in [0.717, 1.165) is 62.9 Å². The average Bonchev–Trinajstić information content (AvgIpc) is 3.11. The first-order valence-electron chi connectivity index (χ1n) is 12.5. The Morgan fingerprint density at radius 1 is 1.09 bits per heavy atom. The molecule has 5 rings (SSSR count). The van der Waals surface area contributed by atoms with Crippen LogP contribution in [0.5, 0.6) is 0 Å². The number of benzene rings is 1. The van der Waals surface area contributed by atoms with E-state index in [1.807, 2.05) is 0 Å². The highest BCUT2D eigenvalue weighted by Crippen LogP contribution is 2.39. The number of nitrogens with zero attached hydrogens (tertiary/aromatic N) is 1. The van der Waals surface area contributed by atoms with Crippen molar-refractivity contribution in [1.29, 1.82) is 0 Å². The van der Waals surface area contributed by atoms with Gasteiger partial charge in [-0.3, -0.25) is 4.79 Å². The van der Waals surface area contributed by atoms with Crippen molar-refractivity contribution >= 4 is 5.78 Å². The Hall–Kier alpha value is -1.98. The Bertz CT molecular complexity index is 951. The number of aromatic nitrogens is 1. The lowest BCUT2D eigenvalue weighted by atomic mass is 9.72. The number of carbonyl (C=O) groups is 1. The maximum Gasteiger partial charge on any atom is 0.169 e. The molecule has 2 heterocycles. The summed E-state index contributed by atoms with van der Waals surface area (Å²) >= 11 is 0. The minimum atomic E-state index is -0.564. The predicted octanol–water partition coefficient (Wildman–Crippen LogP) is 5.00. The second-order valence-electron chi connectivity index (χ2n) is 10.1. The molecule has 1 aromatic carbocycles. The molecule has 4 nitrogen and oxygen atoms in total. The largest absolute Gasteiger partial charge is 0.388 e. The number of rotatable bonds is 5. The summed E-state index contributed by atoms with van der Waals surface area (Å²) < 4.78 is 13.1. The van der Waals surface area contributed by atoms with Gasteiger partial charge in [0.1, 0.15) is 5.82 Å². The predicted molar refractivity (Wildman–Crippen MR) is 123 cm³/mol. The lowest BCUT2D eigenvalue weighted by molar-refractivity contribution is 0.0643. The molecule has 2 aromatic rings. The maximum atomic E-state index is 13.6. The molecule has 1 fully saturated rings. The van der Waals surface area contributed by atoms with Crippen molar-refractivity contribution in [3.63, 3.8) is 0 Å². The zero-order valence-electron chi connectivity index (χ0n) is 18.9. The number of hydrogen-bond donors (Lipinski definition) is 2. The van der Waals surface area contributed by atoms with Crippen molar-refractivity contribution in [3.8, 4) is 0 Å². The van der Waals surface area contributed by atoms with Crippen LogP contribution in [-0.2, 0) is 19.3 Å². The van der Waals surface area contributed by atoms with Crippen LogP contribution >= 0.6 is 0 Å². The summed E-state index contributed by atoms with van der Waals surface area (Å²) in [6.45, 7) is 2.76. The molecule has 2 N–H and O–H groups in total. The standard InChI is InChI=1S/C27H35FN2O2/c28-20-11-9-18(10-12-20)25(31)8-5-14-30-15-13-19-16-24-26(27(32)22(19)17-30)21-6-3-1-2-4-7-23(21)29-24/h9-12,19,22,25,29,31H,1-8,13-17H2/t19-,22+,25+/m0/s1. The van der Waals surface area contributed by atoms with Crippen LogP contribution in [0.25, 0.3) is 0 Å². The van der Waals surface area contributed by atoms with Gasteiger partial charge in [0, 0.05) is 29.4 Å². The fourth-order valence-electron chi connectivity index (χ4n) is 6.17. The van der Waals surface area contributed by atoms with Gasteiger partial charge in [-0.1, -0.05) is 25.0 Å². The summed E-state index contributed by atoms with van der Waals surface area (Å²) in [4.78, 5) is 19.7. The summed E-state index contributed by atoms with van der Waals surface area (Å²) in [5, 5.41) is 10.4. The molecule has 32 heavy (non-hydrogen) atoms. The molecule has 3 aliphatic rings. The lowest BCUT2D eigenvalue weighted by Gasteiger charge is -2.40. The van der Waals surface area contributed by atoms with Crippen LogP contribution in [0.4, 0.5) is 4.39 Å². The lowest BCUT2D eigenvalue weighted by Crippen LogP contribution is -2.47. The summed E-state index contributed by atoms with van der Waals surface area (Å²) in [5.41, 5.74) is 5.72. The van der Waals surface area contributed by atoms with E-state index >= 15 is 0 Å². The van der Waals surface area contributed by atoms with Gasteiger partial charge in [-0.2, -0.15) is 0 Å². The molecule has 0 spiro atoms. The van der Waals surface area contributed by atoms with Crippen molar-refractivity contribution in [2.45, 2.75) is 70.3 Å². The molecule has 3 atom stereocenters. The second-order valence-corrected chi connectivity index (χ2v) is 10.1. The highest BCUT2D eigenvalue weighted by atomic mass is 19.1. The molecule has 0 bridgehead atoms. The number of aliphatic hydroxyl groups excluding tert-OH is 1. The van der Waals surface area contributed by atoms with Crippen LogP contribution in [0, 0.1) is 17.7 Å². The highest BCUT2D eigenvalue weighted by Gasteiger charge is 2.41. The summed E-state index contributed by atoms with van der Waals surface area (Å²) in [6, 6.07) is 6.11. The molecule has 0 unspecified atom stereocenters. The third kappa shape index (κ3) is 4.42. The molecule has 1 aromatic heterocycles. The van der Waals surface area contributed by atoms with Crippen molar-refractivity contribution in [1.82, 2.24) is 9.88 Å². The number of aliphatic hydroxyl groups is 1. The van der Waals surface area contributed by atoms with Gasteiger partial charge >= 0.3 is 0 Å². The highest BCUT2D eigenvalue weighted by molar-refractivity contribution is 6.02. The van der Waals surface area contributed by atoms with Gasteiger partial charge in [0.25, 0.3) is 0 Å². The number of piperidine rings is 1. The van der Waals surface area contributed by atoms with Crippen molar-refractivity contribution < 1.29 is 14.3 Å². The smallest absolute Gasteiger partial charge is 0.169 e. The Kier molecular flexibility index (Phi) is 6.47. The first-order valence-corrected chi connectivity index (χ1v) is 12.5. The van der Waals surface area contributed by atoms with Gasteiger partial charge in [0.05, 0.1) is 6.10 Å². The Morgan fingerprint density at radius 2 is 1.88 bits per heavy atom. The fourth-order valence-corrected chi connectivity index (χ4v) is 6.17. The topological polar surface area (TPSA) is 56.3 Å². The summed E-state index contributed by atoms with van der Waals surface area (Å²) in [6.07, 6.45) is 10.2. The molecule has 0 amide bonds. The summed E-state index contributed by atoms with van der Waals surface area (Å²) in [7, 11) is 0. The van der Waals surface area contributed by atoms with Gasteiger partial charge in [-0.15, -0.1) is 0 Å². The quantitative estimate of drug-likeness (QED) is 0.690. The average molecular weight is 439 g/mol. The van der Waals surface area contributed by atoms with Gasteiger partial charge < -0.3 is 15.0 Å². The number of nitrogens with one attached hydrogen (secondary N) is 1. The molecular formula is C27H35FN2O2. The second kappa shape index (κ2) is 9.48. The van der Waals surface area contributed by atoms with Crippen LogP contribution in [0.15, 0.2) is 24.3 Å². The van der Waals surface area contributed by atoms with E-state index in [0.29, 0.717) is 18.1 Å². The fraction of sp³-hybridized carbons (Fsp3) is 0.593. The Labute approximate surface area is 190 Å². The third-order valence-corrected chi connectivity index (χ3v) is 7.97. The Morgan fingerprint density at radius 3 is 2.69 bits per heavy atom.